The van der Waals surface area contributed by atoms with Crippen molar-refractivity contribution in [1.82, 2.24) is 4.90 Å². The molecule has 2 fully saturated rings. The topological polar surface area (TPSA) is 55.6 Å². The molecule has 2 aliphatic rings. The van der Waals surface area contributed by atoms with Crippen LogP contribution < -0.4 is 5.73 Å². The van der Waals surface area contributed by atoms with E-state index >= 15 is 0 Å². The summed E-state index contributed by atoms with van der Waals surface area (Å²) in [6, 6.07) is 0.329. The predicted octanol–water partition coefficient (Wildman–Crippen LogP) is 1.98. The lowest BCUT2D eigenvalue weighted by atomic mass is 9.79. The van der Waals surface area contributed by atoms with E-state index in [1.54, 1.807) is 0 Å². The number of fused-ring (bicyclic) bond motifs is 1. The van der Waals surface area contributed by atoms with Crippen molar-refractivity contribution < 1.29 is 9.53 Å². The maximum atomic E-state index is 12.0. The number of rotatable bonds is 0. The lowest BCUT2D eigenvalue weighted by Gasteiger charge is -2.27. The maximum Gasteiger partial charge on any atom is 0.410 e. The van der Waals surface area contributed by atoms with Crippen LogP contribution in [0.15, 0.2) is 0 Å². The highest BCUT2D eigenvalue weighted by Gasteiger charge is 2.39. The minimum absolute atomic E-state index is 0.166. The quantitative estimate of drug-likeness (QED) is 0.704. The molecule has 1 aliphatic carbocycles. The maximum absolute atomic E-state index is 12.0. The van der Waals surface area contributed by atoms with Gasteiger partial charge in [0.25, 0.3) is 0 Å². The van der Waals surface area contributed by atoms with Gasteiger partial charge in [-0.1, -0.05) is 0 Å². The molecule has 0 aromatic carbocycles. The van der Waals surface area contributed by atoms with Crippen LogP contribution in [0.5, 0.6) is 0 Å². The van der Waals surface area contributed by atoms with Crippen molar-refractivity contribution in [2.24, 2.45) is 17.6 Å². The molecule has 1 saturated heterocycles. The third kappa shape index (κ3) is 3.12. The van der Waals surface area contributed by atoms with Crippen molar-refractivity contribution in [2.45, 2.75) is 51.7 Å². The van der Waals surface area contributed by atoms with E-state index < -0.39 is 5.60 Å². The van der Waals surface area contributed by atoms with E-state index in [0.29, 0.717) is 17.9 Å². The van der Waals surface area contributed by atoms with Crippen molar-refractivity contribution in [2.75, 3.05) is 13.1 Å². The summed E-state index contributed by atoms with van der Waals surface area (Å²) >= 11 is 0. The fraction of sp³-hybridized carbons (Fsp3) is 0.923. The molecule has 0 radical (unpaired) electrons. The van der Waals surface area contributed by atoms with Crippen LogP contribution in [-0.2, 0) is 4.74 Å². The van der Waals surface area contributed by atoms with Gasteiger partial charge in [0.15, 0.2) is 0 Å². The van der Waals surface area contributed by atoms with Crippen LogP contribution >= 0.6 is 0 Å². The van der Waals surface area contributed by atoms with Crippen molar-refractivity contribution in [3.05, 3.63) is 0 Å². The van der Waals surface area contributed by atoms with Crippen LogP contribution in [0.1, 0.15) is 40.0 Å². The number of nitrogens with two attached hydrogens (primary N) is 1. The van der Waals surface area contributed by atoms with Crippen molar-refractivity contribution in [3.8, 4) is 0 Å². The molecular formula is C13H24N2O2. The third-order valence-corrected chi connectivity index (χ3v) is 3.74. The predicted molar refractivity (Wildman–Crippen MR) is 66.6 cm³/mol. The average Bonchev–Trinajstić information content (AvgIpc) is 2.57. The molecule has 1 saturated carbocycles. The zero-order valence-electron chi connectivity index (χ0n) is 11.1. The largest absolute Gasteiger partial charge is 0.444 e. The molecule has 3 atom stereocenters. The summed E-state index contributed by atoms with van der Waals surface area (Å²) in [4.78, 5) is 13.8. The zero-order chi connectivity index (χ0) is 12.6. The monoisotopic (exact) mass is 240 g/mol. The third-order valence-electron chi connectivity index (χ3n) is 3.74. The van der Waals surface area contributed by atoms with Crippen LogP contribution in [0.3, 0.4) is 0 Å². The fourth-order valence-corrected chi connectivity index (χ4v) is 2.94. The van der Waals surface area contributed by atoms with Crippen molar-refractivity contribution >= 4 is 6.09 Å². The highest BCUT2D eigenvalue weighted by Crippen LogP contribution is 2.36. The lowest BCUT2D eigenvalue weighted by molar-refractivity contribution is 0.0284. The Kier molecular flexibility index (Phi) is 3.34. The normalized spacial score (nSPS) is 33.4. The van der Waals surface area contributed by atoms with Crippen LogP contribution in [-0.4, -0.2) is 35.7 Å². The zero-order valence-corrected chi connectivity index (χ0v) is 11.1. The first-order valence-corrected chi connectivity index (χ1v) is 6.58. The molecule has 2 N–H and O–H groups in total. The first-order valence-electron chi connectivity index (χ1n) is 6.58. The Hall–Kier alpha value is -0.770. The number of carbonyl (C=O) groups is 1. The first-order chi connectivity index (χ1) is 7.85. The minimum atomic E-state index is -0.402. The summed E-state index contributed by atoms with van der Waals surface area (Å²) in [6.07, 6.45) is 3.15. The molecule has 0 unspecified atom stereocenters. The van der Waals surface area contributed by atoms with Crippen LogP contribution in [0, 0.1) is 11.8 Å². The van der Waals surface area contributed by atoms with E-state index in [2.05, 4.69) is 0 Å². The number of hydrogen-bond donors (Lipinski definition) is 1. The lowest BCUT2D eigenvalue weighted by Crippen LogP contribution is -2.35. The minimum Gasteiger partial charge on any atom is -0.444 e. The number of hydrogen-bond acceptors (Lipinski definition) is 3. The smallest absolute Gasteiger partial charge is 0.410 e. The molecule has 17 heavy (non-hydrogen) atoms. The molecule has 0 aromatic heterocycles. The second-order valence-corrected chi connectivity index (χ2v) is 6.48. The number of amides is 1. The molecule has 0 bridgehead atoms. The molecule has 98 valence electrons. The van der Waals surface area contributed by atoms with Gasteiger partial charge in [-0.25, -0.2) is 4.79 Å². The highest BCUT2D eigenvalue weighted by molar-refractivity contribution is 5.68. The van der Waals surface area contributed by atoms with Crippen molar-refractivity contribution in [1.29, 1.82) is 0 Å². The van der Waals surface area contributed by atoms with Gasteiger partial charge < -0.3 is 15.4 Å². The summed E-state index contributed by atoms with van der Waals surface area (Å²) in [5, 5.41) is 0. The second kappa shape index (κ2) is 4.48. The summed E-state index contributed by atoms with van der Waals surface area (Å²) in [5.74, 6) is 1.23. The van der Waals surface area contributed by atoms with Gasteiger partial charge in [0.2, 0.25) is 0 Å². The van der Waals surface area contributed by atoms with E-state index in [-0.39, 0.29) is 6.09 Å². The van der Waals surface area contributed by atoms with E-state index in [1.165, 1.54) is 0 Å². The molecule has 0 spiro atoms. The van der Waals surface area contributed by atoms with E-state index in [4.69, 9.17) is 10.5 Å². The Morgan fingerprint density at radius 3 is 2.53 bits per heavy atom. The molecule has 1 heterocycles. The molecule has 1 amide bonds. The fourth-order valence-electron chi connectivity index (χ4n) is 2.94. The summed E-state index contributed by atoms with van der Waals surface area (Å²) in [6.45, 7) is 7.40. The van der Waals surface area contributed by atoms with Gasteiger partial charge in [0.1, 0.15) is 5.60 Å². The van der Waals surface area contributed by atoms with Crippen LogP contribution in [0.25, 0.3) is 0 Å². The van der Waals surface area contributed by atoms with Gasteiger partial charge in [-0.3, -0.25) is 0 Å². The van der Waals surface area contributed by atoms with Crippen molar-refractivity contribution in [3.63, 3.8) is 0 Å². The Balaban J connectivity index is 1.91. The van der Waals surface area contributed by atoms with Gasteiger partial charge in [-0.15, -0.1) is 0 Å². The molecule has 2 rings (SSSR count). The SMILES string of the molecule is CC(C)(C)OC(=O)N1C[C@H]2C[C@@H](N)CC[C@H]2C1. The van der Waals surface area contributed by atoms with E-state index in [1.807, 2.05) is 25.7 Å². The van der Waals surface area contributed by atoms with E-state index in [0.717, 1.165) is 32.4 Å². The molecular weight excluding hydrogens is 216 g/mol. The van der Waals surface area contributed by atoms with Gasteiger partial charge in [-0.05, 0) is 51.9 Å². The Bertz CT molecular complexity index is 298. The van der Waals surface area contributed by atoms with Gasteiger partial charge >= 0.3 is 6.09 Å². The second-order valence-electron chi connectivity index (χ2n) is 6.48. The first kappa shape index (κ1) is 12.7. The molecule has 1 aliphatic heterocycles. The van der Waals surface area contributed by atoms with Gasteiger partial charge in [0.05, 0.1) is 0 Å². The van der Waals surface area contributed by atoms with Gasteiger partial charge in [0, 0.05) is 19.1 Å². The summed E-state index contributed by atoms with van der Waals surface area (Å²) < 4.78 is 5.41. The molecule has 4 nitrogen and oxygen atoms in total. The van der Waals surface area contributed by atoms with Crippen LogP contribution in [0.4, 0.5) is 4.79 Å². The van der Waals surface area contributed by atoms with Gasteiger partial charge in [-0.2, -0.15) is 0 Å². The summed E-state index contributed by atoms with van der Waals surface area (Å²) in [5.41, 5.74) is 5.58. The molecule has 4 heteroatoms. The Morgan fingerprint density at radius 2 is 1.88 bits per heavy atom. The van der Waals surface area contributed by atoms with Crippen LogP contribution in [0.2, 0.25) is 0 Å². The number of nitrogens with zero attached hydrogens (tertiary/aromatic N) is 1. The molecule has 0 aromatic rings. The summed E-state index contributed by atoms with van der Waals surface area (Å²) in [7, 11) is 0. The highest BCUT2D eigenvalue weighted by atomic mass is 16.6. The van der Waals surface area contributed by atoms with E-state index in [9.17, 15) is 4.79 Å². The average molecular weight is 240 g/mol. The number of ether oxygens (including phenoxy) is 1. The standard InChI is InChI=1S/C13H24N2O2/c1-13(2,3)17-12(16)15-7-9-4-5-11(14)6-10(9)8-15/h9-11H,4-8,14H2,1-3H3/t9-,10+,11-/m0/s1. The number of carbonyl (C=O) groups excluding carboxylic acids is 1. The Morgan fingerprint density at radius 1 is 1.24 bits per heavy atom. The Labute approximate surface area is 103 Å². The number of likely N-dealkylation sites (tertiary alicyclic amines) is 1.